The molecule has 2 heterocycles. The summed E-state index contributed by atoms with van der Waals surface area (Å²) in [6, 6.07) is 15.4. The van der Waals surface area contributed by atoms with Crippen LogP contribution >= 0.6 is 11.3 Å². The molecule has 0 fully saturated rings. The Morgan fingerprint density at radius 3 is 2.38 bits per heavy atom. The van der Waals surface area contributed by atoms with E-state index in [0.717, 1.165) is 32.7 Å². The molecule has 3 aromatic rings. The van der Waals surface area contributed by atoms with E-state index in [1.807, 2.05) is 67.8 Å². The zero-order chi connectivity index (χ0) is 22.8. The fraction of sp³-hybridized carbons (Fsp3) is 0.231. The topological polar surface area (TPSA) is 64.6 Å². The molecule has 5 nitrogen and oxygen atoms in total. The van der Waals surface area contributed by atoms with E-state index >= 15 is 0 Å². The number of benzene rings is 2. The van der Waals surface area contributed by atoms with E-state index in [2.05, 4.69) is 5.32 Å². The Balaban J connectivity index is 1.71. The second kappa shape index (κ2) is 9.01. The molecule has 6 heteroatoms. The van der Waals surface area contributed by atoms with Crippen molar-refractivity contribution in [3.8, 4) is 5.75 Å². The number of ether oxygens (including phenoxy) is 2. The molecule has 4 rings (SSSR count). The molecule has 1 aliphatic heterocycles. The predicted molar refractivity (Wildman–Crippen MR) is 127 cm³/mol. The Morgan fingerprint density at radius 2 is 1.69 bits per heavy atom. The highest BCUT2D eigenvalue weighted by molar-refractivity contribution is 7.17. The number of fused-ring (bicyclic) bond motifs is 1. The molecule has 0 saturated carbocycles. The van der Waals surface area contributed by atoms with Crippen molar-refractivity contribution in [2.75, 3.05) is 7.11 Å². The molecule has 1 aliphatic rings. The van der Waals surface area contributed by atoms with E-state index in [1.165, 1.54) is 0 Å². The Kier molecular flexibility index (Phi) is 6.15. The van der Waals surface area contributed by atoms with Crippen LogP contribution in [-0.2, 0) is 20.9 Å². The van der Waals surface area contributed by atoms with Gasteiger partial charge in [-0.2, -0.15) is 0 Å². The molecule has 164 valence electrons. The Morgan fingerprint density at radius 1 is 1.00 bits per heavy atom. The predicted octanol–water partition coefficient (Wildman–Crippen LogP) is 5.48. The van der Waals surface area contributed by atoms with Crippen LogP contribution in [0.1, 0.15) is 37.8 Å². The van der Waals surface area contributed by atoms with Crippen LogP contribution in [-0.4, -0.2) is 18.9 Å². The molecule has 0 radical (unpaired) electrons. The first-order valence-corrected chi connectivity index (χ1v) is 11.2. The van der Waals surface area contributed by atoms with Crippen LogP contribution in [0, 0.1) is 0 Å². The minimum atomic E-state index is -0.478. The maximum Gasteiger partial charge on any atom is 0.337 e. The molecular weight excluding hydrogens is 422 g/mol. The van der Waals surface area contributed by atoms with Crippen LogP contribution in [0.4, 0.5) is 0 Å². The molecule has 2 aromatic carbocycles. The van der Waals surface area contributed by atoms with Crippen molar-refractivity contribution in [3.63, 3.8) is 0 Å². The lowest BCUT2D eigenvalue weighted by molar-refractivity contribution is -0.140. The van der Waals surface area contributed by atoms with Crippen LogP contribution in [0.2, 0.25) is 0 Å². The number of ketones is 1. The van der Waals surface area contributed by atoms with Crippen LogP contribution in [0.3, 0.4) is 0 Å². The Hall–Kier alpha value is -3.38. The summed E-state index contributed by atoms with van der Waals surface area (Å²) in [5.41, 5.74) is 4.34. The SMILES string of the molecule is COc1ccc(COC(=O)C2=C(C)NC(C)=C(C(C)=O)C2c2csc3ccccc23)cc1. The monoisotopic (exact) mass is 447 g/mol. The summed E-state index contributed by atoms with van der Waals surface area (Å²) in [4.78, 5) is 26.0. The molecule has 32 heavy (non-hydrogen) atoms. The highest BCUT2D eigenvalue weighted by atomic mass is 32.1. The number of allylic oxidation sites excluding steroid dienone is 3. The lowest BCUT2D eigenvalue weighted by Crippen LogP contribution is -2.31. The molecule has 1 aromatic heterocycles. The molecule has 1 N–H and O–H groups in total. The van der Waals surface area contributed by atoms with Gasteiger partial charge in [0, 0.05) is 27.6 Å². The minimum absolute atomic E-state index is 0.0664. The van der Waals surface area contributed by atoms with Crippen LogP contribution in [0.5, 0.6) is 5.75 Å². The second-order valence-corrected chi connectivity index (χ2v) is 8.71. The van der Waals surface area contributed by atoms with Gasteiger partial charge in [-0.25, -0.2) is 4.79 Å². The number of hydrogen-bond acceptors (Lipinski definition) is 6. The van der Waals surface area contributed by atoms with Gasteiger partial charge in [-0.1, -0.05) is 30.3 Å². The van der Waals surface area contributed by atoms with E-state index in [4.69, 9.17) is 9.47 Å². The second-order valence-electron chi connectivity index (χ2n) is 7.80. The Labute approximate surface area is 191 Å². The van der Waals surface area contributed by atoms with E-state index in [9.17, 15) is 9.59 Å². The average molecular weight is 448 g/mol. The van der Waals surface area contributed by atoms with Gasteiger partial charge < -0.3 is 14.8 Å². The third kappa shape index (κ3) is 4.06. The van der Waals surface area contributed by atoms with Crippen molar-refractivity contribution in [1.82, 2.24) is 5.32 Å². The standard InChI is InChI=1S/C26H25NO4S/c1-15-23(17(3)28)25(21-14-32-22-8-6-5-7-20(21)22)24(16(2)27-15)26(29)31-13-18-9-11-19(30-4)12-10-18/h5-12,14,25,27H,13H2,1-4H3. The van der Waals surface area contributed by atoms with Crippen molar-refractivity contribution < 1.29 is 19.1 Å². The number of dihydropyridines is 1. The quantitative estimate of drug-likeness (QED) is 0.507. The summed E-state index contributed by atoms with van der Waals surface area (Å²) < 4.78 is 12.0. The van der Waals surface area contributed by atoms with Gasteiger partial charge in [0.05, 0.1) is 12.7 Å². The lowest BCUT2D eigenvalue weighted by atomic mass is 9.79. The van der Waals surface area contributed by atoms with E-state index in [-0.39, 0.29) is 12.4 Å². The summed E-state index contributed by atoms with van der Waals surface area (Å²) in [5, 5.41) is 6.31. The molecule has 0 saturated heterocycles. The first-order valence-electron chi connectivity index (χ1n) is 10.4. The zero-order valence-electron chi connectivity index (χ0n) is 18.5. The summed E-state index contributed by atoms with van der Waals surface area (Å²) in [7, 11) is 1.61. The fourth-order valence-electron chi connectivity index (χ4n) is 4.21. The number of carbonyl (C=O) groups is 2. The normalized spacial score (nSPS) is 16.2. The zero-order valence-corrected chi connectivity index (χ0v) is 19.3. The maximum absolute atomic E-state index is 13.3. The van der Waals surface area contributed by atoms with E-state index < -0.39 is 11.9 Å². The molecule has 1 atom stereocenters. The van der Waals surface area contributed by atoms with Crippen molar-refractivity contribution in [2.24, 2.45) is 0 Å². The molecule has 0 spiro atoms. The summed E-state index contributed by atoms with van der Waals surface area (Å²) in [6.07, 6.45) is 0. The van der Waals surface area contributed by atoms with Gasteiger partial charge in [0.15, 0.2) is 5.78 Å². The van der Waals surface area contributed by atoms with Crippen LogP contribution in [0.15, 0.2) is 76.5 Å². The van der Waals surface area contributed by atoms with Gasteiger partial charge in [0.25, 0.3) is 0 Å². The minimum Gasteiger partial charge on any atom is -0.497 e. The third-order valence-corrected chi connectivity index (χ3v) is 6.69. The lowest BCUT2D eigenvalue weighted by Gasteiger charge is -2.30. The van der Waals surface area contributed by atoms with Crippen molar-refractivity contribution in [3.05, 3.63) is 87.6 Å². The van der Waals surface area contributed by atoms with Crippen LogP contribution in [0.25, 0.3) is 10.1 Å². The van der Waals surface area contributed by atoms with Gasteiger partial charge in [0.1, 0.15) is 12.4 Å². The van der Waals surface area contributed by atoms with Crippen molar-refractivity contribution in [2.45, 2.75) is 33.3 Å². The smallest absolute Gasteiger partial charge is 0.337 e. The summed E-state index contributed by atoms with van der Waals surface area (Å²) in [5.74, 6) is -0.236. The number of esters is 1. The van der Waals surface area contributed by atoms with E-state index in [0.29, 0.717) is 16.8 Å². The number of nitrogens with one attached hydrogen (secondary N) is 1. The largest absolute Gasteiger partial charge is 0.497 e. The highest BCUT2D eigenvalue weighted by Crippen LogP contribution is 2.43. The van der Waals surface area contributed by atoms with Gasteiger partial charge in [-0.3, -0.25) is 4.79 Å². The van der Waals surface area contributed by atoms with Gasteiger partial charge in [-0.05, 0) is 60.9 Å². The maximum atomic E-state index is 13.3. The fourth-order valence-corrected chi connectivity index (χ4v) is 5.20. The molecule has 1 unspecified atom stereocenters. The summed E-state index contributed by atoms with van der Waals surface area (Å²) in [6.45, 7) is 5.41. The van der Waals surface area contributed by atoms with Crippen molar-refractivity contribution >= 4 is 33.2 Å². The highest BCUT2D eigenvalue weighted by Gasteiger charge is 2.37. The number of rotatable bonds is 6. The molecule has 0 aliphatic carbocycles. The summed E-state index contributed by atoms with van der Waals surface area (Å²) >= 11 is 1.61. The number of methoxy groups -OCH3 is 1. The van der Waals surface area contributed by atoms with Gasteiger partial charge in [0.2, 0.25) is 0 Å². The van der Waals surface area contributed by atoms with Crippen molar-refractivity contribution in [1.29, 1.82) is 0 Å². The first kappa shape index (κ1) is 21.8. The van der Waals surface area contributed by atoms with Gasteiger partial charge in [-0.15, -0.1) is 11.3 Å². The number of thiophene rings is 1. The molecular formula is C26H25NO4S. The number of Topliss-reactive ketones (excluding diaryl/α,β-unsaturated/α-hetero) is 1. The van der Waals surface area contributed by atoms with Gasteiger partial charge >= 0.3 is 5.97 Å². The number of hydrogen-bond donors (Lipinski definition) is 1. The molecule has 0 amide bonds. The molecule has 0 bridgehead atoms. The Bertz CT molecular complexity index is 1250. The van der Waals surface area contributed by atoms with E-state index in [1.54, 1.807) is 25.4 Å². The number of carbonyl (C=O) groups excluding carboxylic acids is 2. The first-order chi connectivity index (χ1) is 15.4. The van der Waals surface area contributed by atoms with Crippen LogP contribution < -0.4 is 10.1 Å². The third-order valence-electron chi connectivity index (χ3n) is 5.71. The average Bonchev–Trinajstić information content (AvgIpc) is 3.21.